The highest BCUT2D eigenvalue weighted by atomic mass is 35.5. The number of aliphatic hydroxyl groups is 2. The summed E-state index contributed by atoms with van der Waals surface area (Å²) in [5.41, 5.74) is 3.92. The molecule has 1 aliphatic carbocycles. The van der Waals surface area contributed by atoms with Crippen LogP contribution in [0, 0.1) is 0 Å². The minimum absolute atomic E-state index is 0.000819. The van der Waals surface area contributed by atoms with Crippen LogP contribution in [-0.2, 0) is 20.2 Å². The summed E-state index contributed by atoms with van der Waals surface area (Å²) in [5.74, 6) is -1.88. The van der Waals surface area contributed by atoms with Crippen molar-refractivity contribution in [3.8, 4) is 0 Å². The molecule has 0 saturated heterocycles. The van der Waals surface area contributed by atoms with Gasteiger partial charge in [-0.2, -0.15) is 31.8 Å². The van der Waals surface area contributed by atoms with Crippen molar-refractivity contribution in [3.05, 3.63) is 76.1 Å². The zero-order valence-electron chi connectivity index (χ0n) is 23.7. The van der Waals surface area contributed by atoms with Gasteiger partial charge in [0.2, 0.25) is 17.2 Å². The van der Waals surface area contributed by atoms with Crippen LogP contribution >= 0.6 is 11.6 Å². The van der Waals surface area contributed by atoms with Gasteiger partial charge in [0.25, 0.3) is 20.2 Å². The Morgan fingerprint density at radius 3 is 1.94 bits per heavy atom. The minimum Gasteiger partial charge on any atom is -0.397 e. The Bertz CT molecular complexity index is 2160. The highest BCUT2D eigenvalue weighted by Gasteiger charge is 2.36. The lowest BCUT2D eigenvalue weighted by molar-refractivity contribution is 0.0980. The zero-order valence-corrected chi connectivity index (χ0v) is 26.1. The van der Waals surface area contributed by atoms with E-state index in [9.17, 15) is 45.7 Å². The number of halogens is 1. The van der Waals surface area contributed by atoms with Gasteiger partial charge in [-0.25, -0.2) is 0 Å². The first kappa shape index (κ1) is 33.6. The first-order valence-corrected chi connectivity index (χ1v) is 16.6. The fourth-order valence-corrected chi connectivity index (χ4v) is 6.33. The van der Waals surface area contributed by atoms with E-state index >= 15 is 0 Å². The van der Waals surface area contributed by atoms with Gasteiger partial charge in [-0.1, -0.05) is 24.3 Å². The lowest BCUT2D eigenvalue weighted by Crippen LogP contribution is -2.31. The summed E-state index contributed by atoms with van der Waals surface area (Å²) < 4.78 is 68.9. The third kappa shape index (κ3) is 6.72. The van der Waals surface area contributed by atoms with Gasteiger partial charge in [0.15, 0.2) is 11.6 Å². The maximum atomic E-state index is 13.6. The van der Waals surface area contributed by atoms with E-state index in [1.165, 1.54) is 29.2 Å². The van der Waals surface area contributed by atoms with E-state index in [1.807, 2.05) is 0 Å². The standard InChI is InChI=1S/C27H24ClN7O10S2/c28-25-32-26(34-27(33-25)35(7-9-36)8-10-37)31-16-11-13(5-6-18(16)46(40,41)42)30-17-12-19(47(43,44)45)22(29)21-20(17)23(38)14-3-1-2-4-15(14)24(21)39/h1-6,11-12,30,36-37H,7-10,29H2,(H,40,41,42)(H,43,44,45)(H,31,32,33,34). The number of nitrogen functional groups attached to an aromatic ring is 1. The van der Waals surface area contributed by atoms with E-state index in [2.05, 4.69) is 25.6 Å². The van der Waals surface area contributed by atoms with E-state index in [-0.39, 0.29) is 77.2 Å². The summed E-state index contributed by atoms with van der Waals surface area (Å²) >= 11 is 6.05. The van der Waals surface area contributed by atoms with Crippen LogP contribution in [-0.4, -0.2) is 89.0 Å². The maximum Gasteiger partial charge on any atom is 0.296 e. The van der Waals surface area contributed by atoms with Crippen molar-refractivity contribution in [2.75, 3.05) is 47.6 Å². The molecule has 0 bridgehead atoms. The molecule has 0 atom stereocenters. The molecule has 4 aromatic rings. The van der Waals surface area contributed by atoms with Crippen molar-refractivity contribution >= 4 is 78.0 Å². The summed E-state index contributed by atoms with van der Waals surface area (Å²) in [6.07, 6.45) is 0. The molecule has 47 heavy (non-hydrogen) atoms. The van der Waals surface area contributed by atoms with Gasteiger partial charge in [-0.15, -0.1) is 0 Å². The molecule has 0 radical (unpaired) electrons. The molecule has 20 heteroatoms. The molecule has 0 amide bonds. The number of nitrogens with zero attached hydrogens (tertiary/aromatic N) is 4. The first-order chi connectivity index (χ1) is 22.1. The number of anilines is 6. The van der Waals surface area contributed by atoms with E-state index in [4.69, 9.17) is 17.3 Å². The highest BCUT2D eigenvalue weighted by molar-refractivity contribution is 7.86. The number of fused-ring (bicyclic) bond motifs is 2. The first-order valence-electron chi connectivity index (χ1n) is 13.3. The molecule has 8 N–H and O–H groups in total. The van der Waals surface area contributed by atoms with Gasteiger partial charge >= 0.3 is 0 Å². The van der Waals surface area contributed by atoms with E-state index in [0.717, 1.165) is 24.3 Å². The predicted octanol–water partition coefficient (Wildman–Crippen LogP) is 1.65. The van der Waals surface area contributed by atoms with Gasteiger partial charge < -0.3 is 31.5 Å². The second-order valence-electron chi connectivity index (χ2n) is 9.86. The van der Waals surface area contributed by atoms with E-state index in [1.54, 1.807) is 0 Å². The predicted molar refractivity (Wildman–Crippen MR) is 168 cm³/mol. The summed E-state index contributed by atoms with van der Waals surface area (Å²) in [5, 5.41) is 23.8. The van der Waals surface area contributed by atoms with Crippen LogP contribution in [0.2, 0.25) is 5.28 Å². The summed E-state index contributed by atoms with van der Waals surface area (Å²) in [7, 11) is -9.91. The largest absolute Gasteiger partial charge is 0.397 e. The summed E-state index contributed by atoms with van der Waals surface area (Å²) in [6.45, 7) is -0.667. The van der Waals surface area contributed by atoms with Crippen LogP contribution in [0.4, 0.5) is 34.6 Å². The molecule has 0 spiro atoms. The Kier molecular flexibility index (Phi) is 9.15. The number of hydrogen-bond acceptors (Lipinski definition) is 15. The molecule has 1 heterocycles. The van der Waals surface area contributed by atoms with Crippen LogP contribution in [0.1, 0.15) is 31.8 Å². The number of ketones is 2. The number of aliphatic hydroxyl groups excluding tert-OH is 2. The van der Waals surface area contributed by atoms with Crippen molar-refractivity contribution < 1.29 is 45.7 Å². The van der Waals surface area contributed by atoms with E-state index < -0.39 is 52.8 Å². The number of nitrogens with one attached hydrogen (secondary N) is 2. The minimum atomic E-state index is -5.02. The van der Waals surface area contributed by atoms with Crippen LogP contribution in [0.5, 0.6) is 0 Å². The zero-order chi connectivity index (χ0) is 34.3. The van der Waals surface area contributed by atoms with Gasteiger partial charge in [0.05, 0.1) is 41.4 Å². The number of carbonyl (C=O) groups is 2. The van der Waals surface area contributed by atoms with Crippen molar-refractivity contribution in [2.24, 2.45) is 0 Å². The molecular formula is C27H24ClN7O10S2. The monoisotopic (exact) mass is 705 g/mol. The summed E-state index contributed by atoms with van der Waals surface area (Å²) in [4.78, 5) is 38.9. The average Bonchev–Trinajstić information content (AvgIpc) is 2.99. The third-order valence-electron chi connectivity index (χ3n) is 6.88. The highest BCUT2D eigenvalue weighted by Crippen LogP contribution is 2.40. The van der Waals surface area contributed by atoms with E-state index in [0.29, 0.717) is 0 Å². The van der Waals surface area contributed by atoms with Gasteiger partial charge in [0, 0.05) is 29.9 Å². The molecule has 5 rings (SSSR count). The third-order valence-corrected chi connectivity index (χ3v) is 8.85. The topological polar surface area (TPSA) is 275 Å². The Labute approximate surface area is 271 Å². The normalized spacial score (nSPS) is 12.8. The Balaban J connectivity index is 1.64. The second kappa shape index (κ2) is 12.8. The van der Waals surface area contributed by atoms with Crippen LogP contribution < -0.4 is 21.3 Å². The molecule has 0 unspecified atom stereocenters. The number of carbonyl (C=O) groups excluding carboxylic acids is 2. The number of aromatic nitrogens is 3. The lowest BCUT2D eigenvalue weighted by atomic mass is 9.82. The molecule has 3 aromatic carbocycles. The number of rotatable bonds is 11. The summed E-state index contributed by atoms with van der Waals surface area (Å²) in [6, 6.07) is 9.88. The molecule has 1 aromatic heterocycles. The maximum absolute atomic E-state index is 13.6. The quantitative estimate of drug-likeness (QED) is 0.0760. The molecule has 17 nitrogen and oxygen atoms in total. The Hall–Kier alpha value is -4.76. The number of benzene rings is 3. The van der Waals surface area contributed by atoms with Crippen molar-refractivity contribution in [1.29, 1.82) is 0 Å². The number of nitrogens with two attached hydrogens (primary N) is 1. The molecular weight excluding hydrogens is 682 g/mol. The number of hydrogen-bond donors (Lipinski definition) is 7. The second-order valence-corrected chi connectivity index (χ2v) is 13.0. The molecule has 0 fully saturated rings. The molecule has 0 aliphatic heterocycles. The van der Waals surface area contributed by atoms with Crippen molar-refractivity contribution in [1.82, 2.24) is 15.0 Å². The Morgan fingerprint density at radius 2 is 1.36 bits per heavy atom. The van der Waals surface area contributed by atoms with Gasteiger partial charge in [-0.05, 0) is 35.9 Å². The van der Waals surface area contributed by atoms with Crippen LogP contribution in [0.15, 0.2) is 58.3 Å². The fourth-order valence-electron chi connectivity index (χ4n) is 4.90. The van der Waals surface area contributed by atoms with Crippen LogP contribution in [0.3, 0.4) is 0 Å². The smallest absolute Gasteiger partial charge is 0.296 e. The van der Waals surface area contributed by atoms with Crippen molar-refractivity contribution in [3.63, 3.8) is 0 Å². The lowest BCUT2D eigenvalue weighted by Gasteiger charge is -2.24. The van der Waals surface area contributed by atoms with Gasteiger partial charge in [0.1, 0.15) is 9.79 Å². The van der Waals surface area contributed by atoms with Crippen molar-refractivity contribution in [2.45, 2.75) is 9.79 Å². The molecule has 246 valence electrons. The average molecular weight is 706 g/mol. The van der Waals surface area contributed by atoms with Gasteiger partial charge in [-0.3, -0.25) is 18.7 Å². The molecule has 0 saturated carbocycles. The SMILES string of the molecule is Nc1c(S(=O)(=O)O)cc(Nc2ccc(S(=O)(=O)O)c(Nc3nc(Cl)nc(N(CCO)CCO)n3)c2)c2c1C(=O)c1ccccc1C2=O. The molecule has 1 aliphatic rings. The fraction of sp³-hybridized carbons (Fsp3) is 0.148. The van der Waals surface area contributed by atoms with Crippen LogP contribution in [0.25, 0.3) is 0 Å². The Morgan fingerprint density at radius 1 is 0.766 bits per heavy atom.